The predicted molar refractivity (Wildman–Crippen MR) is 168 cm³/mol. The minimum atomic E-state index is -0.361. The Kier molecular flexibility index (Phi) is 10.8. The van der Waals surface area contributed by atoms with Crippen molar-refractivity contribution in [1.29, 1.82) is 0 Å². The van der Waals surface area contributed by atoms with Crippen LogP contribution >= 0.6 is 0 Å². The number of anilines is 1. The molecule has 2 aromatic carbocycles. The molecule has 0 spiro atoms. The van der Waals surface area contributed by atoms with E-state index < -0.39 is 0 Å². The molecule has 0 bridgehead atoms. The molecular formula is C35H44N4O4. The lowest BCUT2D eigenvalue weighted by atomic mass is 9.95. The molecule has 8 nitrogen and oxygen atoms in total. The number of nitrogens with zero attached hydrogens (tertiary/aromatic N) is 4. The van der Waals surface area contributed by atoms with Crippen LogP contribution in [-0.2, 0) is 17.6 Å². The highest BCUT2D eigenvalue weighted by Crippen LogP contribution is 2.32. The maximum atomic E-state index is 13.2. The van der Waals surface area contributed by atoms with Crippen LogP contribution < -0.4 is 9.64 Å². The van der Waals surface area contributed by atoms with Gasteiger partial charge in [0.2, 0.25) is 5.91 Å². The van der Waals surface area contributed by atoms with Crippen LogP contribution in [0.1, 0.15) is 60.1 Å². The van der Waals surface area contributed by atoms with Crippen molar-refractivity contribution in [1.82, 2.24) is 14.8 Å². The van der Waals surface area contributed by atoms with Crippen molar-refractivity contribution in [2.24, 2.45) is 0 Å². The van der Waals surface area contributed by atoms with Gasteiger partial charge in [-0.2, -0.15) is 0 Å². The first-order chi connectivity index (χ1) is 21.0. The van der Waals surface area contributed by atoms with Gasteiger partial charge < -0.3 is 24.5 Å². The molecule has 228 valence electrons. The van der Waals surface area contributed by atoms with E-state index in [9.17, 15) is 14.7 Å². The van der Waals surface area contributed by atoms with E-state index in [1.165, 1.54) is 5.56 Å². The number of rotatable bonds is 13. The molecule has 43 heavy (non-hydrogen) atoms. The summed E-state index contributed by atoms with van der Waals surface area (Å²) in [5.41, 5.74) is 3.99. The monoisotopic (exact) mass is 584 g/mol. The number of likely N-dealkylation sites (tertiary alicyclic amines) is 1. The number of amides is 2. The first-order valence-electron chi connectivity index (χ1n) is 15.7. The van der Waals surface area contributed by atoms with Crippen molar-refractivity contribution in [2.45, 2.75) is 63.5 Å². The summed E-state index contributed by atoms with van der Waals surface area (Å²) in [7, 11) is 2.03. The van der Waals surface area contributed by atoms with Crippen molar-refractivity contribution >= 4 is 17.5 Å². The Bertz CT molecular complexity index is 1330. The Labute approximate surface area is 255 Å². The van der Waals surface area contributed by atoms with Crippen molar-refractivity contribution in [2.75, 3.05) is 44.7 Å². The zero-order chi connectivity index (χ0) is 30.0. The van der Waals surface area contributed by atoms with Gasteiger partial charge in [-0.3, -0.25) is 14.6 Å². The fourth-order valence-corrected chi connectivity index (χ4v) is 6.12. The van der Waals surface area contributed by atoms with Crippen LogP contribution in [0.25, 0.3) is 0 Å². The molecule has 1 saturated heterocycles. The molecule has 1 aromatic heterocycles. The standard InChI is InChI=1S/C35H44N4O4/c1-37(22-18-29-9-4-6-21-36-29)26-31(40)10-5-7-25-43-32-15-12-28(13-16-32)35(42)38-23-19-30(20-24-38)39-33-11-3-2-8-27(33)14-17-34(39)41/h2-4,6,8-9,11-13,15-16,21,30-31,40H,5,7,10,14,17-20,22-26H2,1H3. The van der Waals surface area contributed by atoms with Gasteiger partial charge in [0.25, 0.3) is 5.91 Å². The van der Waals surface area contributed by atoms with Gasteiger partial charge in [0.15, 0.2) is 0 Å². The number of aryl methyl sites for hydroxylation is 1. The number of fused-ring (bicyclic) bond motifs is 1. The van der Waals surface area contributed by atoms with Gasteiger partial charge in [-0.05, 0) is 93.6 Å². The minimum absolute atomic E-state index is 0.0226. The van der Waals surface area contributed by atoms with E-state index in [4.69, 9.17) is 4.74 Å². The van der Waals surface area contributed by atoms with Gasteiger partial charge in [-0.1, -0.05) is 24.3 Å². The Balaban J connectivity index is 0.985. The second kappa shape index (κ2) is 15.1. The molecule has 1 atom stereocenters. The lowest BCUT2D eigenvalue weighted by Crippen LogP contribution is -2.50. The third-order valence-electron chi connectivity index (χ3n) is 8.54. The average molecular weight is 585 g/mol. The Morgan fingerprint density at radius 1 is 1.02 bits per heavy atom. The van der Waals surface area contributed by atoms with Crippen LogP contribution in [0.3, 0.4) is 0 Å². The molecule has 0 aliphatic carbocycles. The van der Waals surface area contributed by atoms with E-state index in [0.717, 1.165) is 68.6 Å². The van der Waals surface area contributed by atoms with Crippen molar-refractivity contribution in [3.05, 3.63) is 89.7 Å². The molecule has 5 rings (SSSR count). The Morgan fingerprint density at radius 3 is 2.56 bits per heavy atom. The van der Waals surface area contributed by atoms with Gasteiger partial charge >= 0.3 is 0 Å². The number of carbonyl (C=O) groups is 2. The number of likely N-dealkylation sites (N-methyl/N-ethyl adjacent to an activating group) is 1. The van der Waals surface area contributed by atoms with Crippen LogP contribution in [0.4, 0.5) is 5.69 Å². The summed E-state index contributed by atoms with van der Waals surface area (Å²) in [5.74, 6) is 0.956. The Hall–Kier alpha value is -3.75. The highest BCUT2D eigenvalue weighted by Gasteiger charge is 2.33. The number of pyridine rings is 1. The normalized spacial score (nSPS) is 16.3. The number of ether oxygens (including phenoxy) is 1. The fourth-order valence-electron chi connectivity index (χ4n) is 6.12. The van der Waals surface area contributed by atoms with Gasteiger partial charge in [0.1, 0.15) is 5.75 Å². The second-order valence-electron chi connectivity index (χ2n) is 11.8. The predicted octanol–water partition coefficient (Wildman–Crippen LogP) is 4.75. The molecule has 0 saturated carbocycles. The number of carbonyl (C=O) groups excluding carboxylic acids is 2. The second-order valence-corrected chi connectivity index (χ2v) is 11.8. The van der Waals surface area contributed by atoms with Gasteiger partial charge in [-0.25, -0.2) is 0 Å². The molecule has 2 amide bonds. The lowest BCUT2D eigenvalue weighted by molar-refractivity contribution is -0.119. The zero-order valence-corrected chi connectivity index (χ0v) is 25.2. The summed E-state index contributed by atoms with van der Waals surface area (Å²) in [6.45, 7) is 3.36. The number of piperidine rings is 1. The fraction of sp³-hybridized carbons (Fsp3) is 0.457. The minimum Gasteiger partial charge on any atom is -0.494 e. The van der Waals surface area contributed by atoms with E-state index in [-0.39, 0.29) is 24.0 Å². The first-order valence-corrected chi connectivity index (χ1v) is 15.7. The van der Waals surface area contributed by atoms with E-state index in [1.54, 1.807) is 0 Å². The summed E-state index contributed by atoms with van der Waals surface area (Å²) >= 11 is 0. The number of para-hydroxylation sites is 1. The van der Waals surface area contributed by atoms with Gasteiger partial charge in [-0.15, -0.1) is 0 Å². The van der Waals surface area contributed by atoms with E-state index in [1.807, 2.05) is 83.7 Å². The highest BCUT2D eigenvalue weighted by atomic mass is 16.5. The smallest absolute Gasteiger partial charge is 0.253 e. The molecular weight excluding hydrogens is 540 g/mol. The number of hydrogen-bond donors (Lipinski definition) is 1. The molecule has 0 radical (unpaired) electrons. The Morgan fingerprint density at radius 2 is 1.79 bits per heavy atom. The number of aliphatic hydroxyl groups excluding tert-OH is 1. The first kappa shape index (κ1) is 30.7. The summed E-state index contributed by atoms with van der Waals surface area (Å²) in [6.07, 6.45) is 7.72. The SMILES string of the molecule is CN(CCc1ccccn1)CC(O)CCCCOc1ccc(C(=O)N2CCC(N3C(=O)CCc4ccccc43)CC2)cc1. The molecule has 1 fully saturated rings. The van der Waals surface area contributed by atoms with Crippen LogP contribution in [0, 0.1) is 0 Å². The lowest BCUT2D eigenvalue weighted by Gasteiger charge is -2.41. The molecule has 3 aromatic rings. The zero-order valence-electron chi connectivity index (χ0n) is 25.2. The number of aliphatic hydroxyl groups is 1. The highest BCUT2D eigenvalue weighted by molar-refractivity contribution is 5.97. The van der Waals surface area contributed by atoms with Gasteiger partial charge in [0, 0.05) is 68.2 Å². The largest absolute Gasteiger partial charge is 0.494 e. The quantitative estimate of drug-likeness (QED) is 0.292. The summed E-state index contributed by atoms with van der Waals surface area (Å²) in [5, 5.41) is 10.4. The number of aromatic nitrogens is 1. The molecule has 2 aliphatic heterocycles. The summed E-state index contributed by atoms with van der Waals surface area (Å²) < 4.78 is 5.90. The van der Waals surface area contributed by atoms with Crippen molar-refractivity contribution in [3.63, 3.8) is 0 Å². The van der Waals surface area contributed by atoms with E-state index >= 15 is 0 Å². The van der Waals surface area contributed by atoms with Crippen LogP contribution in [0.2, 0.25) is 0 Å². The molecule has 1 unspecified atom stereocenters. The summed E-state index contributed by atoms with van der Waals surface area (Å²) in [4.78, 5) is 36.4. The number of benzene rings is 2. The van der Waals surface area contributed by atoms with Crippen LogP contribution in [-0.4, -0.2) is 83.7 Å². The maximum absolute atomic E-state index is 13.2. The third-order valence-corrected chi connectivity index (χ3v) is 8.54. The number of hydrogen-bond acceptors (Lipinski definition) is 6. The molecule has 3 heterocycles. The van der Waals surface area contributed by atoms with E-state index in [0.29, 0.717) is 38.2 Å². The maximum Gasteiger partial charge on any atom is 0.253 e. The molecule has 1 N–H and O–H groups in total. The molecule has 8 heteroatoms. The van der Waals surface area contributed by atoms with Gasteiger partial charge in [0.05, 0.1) is 12.7 Å². The third kappa shape index (κ3) is 8.42. The summed E-state index contributed by atoms with van der Waals surface area (Å²) in [6, 6.07) is 21.6. The van der Waals surface area contributed by atoms with Crippen LogP contribution in [0.5, 0.6) is 5.75 Å². The van der Waals surface area contributed by atoms with Crippen molar-refractivity contribution in [3.8, 4) is 5.75 Å². The molecule has 2 aliphatic rings. The number of unbranched alkanes of at least 4 members (excludes halogenated alkanes) is 1. The average Bonchev–Trinajstić information content (AvgIpc) is 3.04. The topological polar surface area (TPSA) is 86.2 Å². The van der Waals surface area contributed by atoms with E-state index in [2.05, 4.69) is 16.0 Å². The van der Waals surface area contributed by atoms with Crippen LogP contribution in [0.15, 0.2) is 72.9 Å². The van der Waals surface area contributed by atoms with Crippen molar-refractivity contribution < 1.29 is 19.4 Å².